The minimum Gasteiger partial charge on any atom is -0.409 e. The van der Waals surface area contributed by atoms with Gasteiger partial charge in [-0.05, 0) is 41.7 Å². The third-order valence-corrected chi connectivity index (χ3v) is 16.3. The van der Waals surface area contributed by atoms with Crippen LogP contribution in [0, 0.1) is 0 Å². The minimum absolute atomic E-state index is 0.115. The molecule has 4 heteroatoms. The van der Waals surface area contributed by atoms with Crippen LogP contribution in [0.2, 0.25) is 34.8 Å². The van der Waals surface area contributed by atoms with E-state index in [-0.39, 0.29) is 11.1 Å². The second-order valence-electron chi connectivity index (χ2n) is 9.21. The smallest absolute Gasteiger partial charge is 0.192 e. The Hall–Kier alpha value is 0.0638. The Labute approximate surface area is 142 Å². The monoisotopic (exact) mass is 343 g/mol. The molecule has 0 aromatic heterocycles. The Morgan fingerprint density at radius 3 is 1.45 bits per heavy atom. The van der Waals surface area contributed by atoms with Gasteiger partial charge in [0.05, 0.1) is 6.10 Å². The molecule has 1 unspecified atom stereocenters. The van der Waals surface area contributed by atoms with E-state index in [1.54, 1.807) is 0 Å². The van der Waals surface area contributed by atoms with Crippen molar-refractivity contribution in [1.29, 1.82) is 0 Å². The van der Waals surface area contributed by atoms with E-state index in [2.05, 4.69) is 88.5 Å². The third-order valence-electron chi connectivity index (χ3n) is 5.57. The number of nitrogens with zero attached hydrogens (tertiary/aromatic N) is 1. The van der Waals surface area contributed by atoms with Gasteiger partial charge in [0.2, 0.25) is 0 Å². The SMILES string of the molecule is CC(/C=N/[Si](C(C)C)(C(C)C)C(C)C)O[Si](C)(C)C(C)(C)C. The average molecular weight is 344 g/mol. The third kappa shape index (κ3) is 5.03. The molecular formula is C18H41NOSi2. The fourth-order valence-corrected chi connectivity index (χ4v) is 10.1. The van der Waals surface area contributed by atoms with E-state index >= 15 is 0 Å². The van der Waals surface area contributed by atoms with Crippen LogP contribution in [0.25, 0.3) is 0 Å². The number of hydrogen-bond donors (Lipinski definition) is 0. The van der Waals surface area contributed by atoms with Gasteiger partial charge in [-0.2, -0.15) is 0 Å². The maximum absolute atomic E-state index is 6.45. The Morgan fingerprint density at radius 1 is 0.818 bits per heavy atom. The summed E-state index contributed by atoms with van der Waals surface area (Å²) >= 11 is 0. The van der Waals surface area contributed by atoms with Crippen molar-refractivity contribution in [3.63, 3.8) is 0 Å². The maximum Gasteiger partial charge on any atom is 0.192 e. The van der Waals surface area contributed by atoms with Crippen LogP contribution in [0.5, 0.6) is 0 Å². The lowest BCUT2D eigenvalue weighted by Crippen LogP contribution is -2.45. The van der Waals surface area contributed by atoms with Gasteiger partial charge in [-0.3, -0.25) is 0 Å². The fraction of sp³-hybridized carbons (Fsp3) is 0.944. The minimum atomic E-state index is -1.72. The summed E-state index contributed by atoms with van der Waals surface area (Å²) in [5.41, 5.74) is 1.97. The molecule has 1 atom stereocenters. The van der Waals surface area contributed by atoms with E-state index in [4.69, 9.17) is 9.08 Å². The summed E-state index contributed by atoms with van der Waals surface area (Å²) in [6, 6.07) is 0. The van der Waals surface area contributed by atoms with Crippen LogP contribution in [0.4, 0.5) is 0 Å². The lowest BCUT2D eigenvalue weighted by Gasteiger charge is -2.40. The molecule has 0 aliphatic rings. The Bertz CT molecular complexity index is 346. The lowest BCUT2D eigenvalue weighted by molar-refractivity contribution is 0.263. The lowest BCUT2D eigenvalue weighted by atomic mass is 10.2. The Morgan fingerprint density at radius 2 is 1.18 bits per heavy atom. The molecule has 0 N–H and O–H groups in total. The molecule has 0 aliphatic carbocycles. The molecule has 0 amide bonds. The molecule has 0 rings (SSSR count). The van der Waals surface area contributed by atoms with Crippen LogP contribution in [-0.2, 0) is 4.43 Å². The summed E-state index contributed by atoms with van der Waals surface area (Å²) in [4.78, 5) is 0. The molecule has 2 nitrogen and oxygen atoms in total. The van der Waals surface area contributed by atoms with Crippen molar-refractivity contribution in [2.75, 3.05) is 0 Å². The van der Waals surface area contributed by atoms with E-state index in [0.717, 1.165) is 0 Å². The average Bonchev–Trinajstić information content (AvgIpc) is 2.25. The normalized spacial score (nSPS) is 16.3. The summed E-state index contributed by atoms with van der Waals surface area (Å²) in [5, 5.41) is 0.248. The second-order valence-corrected chi connectivity index (χ2v) is 19.5. The molecule has 0 heterocycles. The molecule has 0 aliphatic heterocycles. The highest BCUT2D eigenvalue weighted by Gasteiger charge is 2.43. The van der Waals surface area contributed by atoms with E-state index in [1.807, 2.05) is 0 Å². The van der Waals surface area contributed by atoms with E-state index < -0.39 is 16.6 Å². The first-order valence-electron chi connectivity index (χ1n) is 8.91. The summed E-state index contributed by atoms with van der Waals surface area (Å²) in [6.07, 6.45) is 2.25. The molecule has 0 spiro atoms. The van der Waals surface area contributed by atoms with Crippen LogP contribution in [0.1, 0.15) is 69.2 Å². The maximum atomic E-state index is 6.45. The predicted octanol–water partition coefficient (Wildman–Crippen LogP) is 6.64. The van der Waals surface area contributed by atoms with Crippen molar-refractivity contribution in [3.8, 4) is 0 Å². The molecular weight excluding hydrogens is 302 g/mol. The van der Waals surface area contributed by atoms with E-state index in [9.17, 15) is 0 Å². The van der Waals surface area contributed by atoms with Crippen LogP contribution < -0.4 is 0 Å². The molecule has 0 fully saturated rings. The van der Waals surface area contributed by atoms with Gasteiger partial charge < -0.3 is 9.08 Å². The van der Waals surface area contributed by atoms with E-state index in [1.165, 1.54) is 0 Å². The Kier molecular flexibility index (Phi) is 7.78. The molecule has 0 radical (unpaired) electrons. The first kappa shape index (κ1) is 22.1. The van der Waals surface area contributed by atoms with Gasteiger partial charge in [0.15, 0.2) is 16.6 Å². The van der Waals surface area contributed by atoms with Gasteiger partial charge in [0.25, 0.3) is 0 Å². The Balaban J connectivity index is 5.29. The van der Waals surface area contributed by atoms with Crippen molar-refractivity contribution in [3.05, 3.63) is 0 Å². The molecule has 0 aromatic carbocycles. The second kappa shape index (κ2) is 7.76. The van der Waals surface area contributed by atoms with Gasteiger partial charge in [0.1, 0.15) is 0 Å². The van der Waals surface area contributed by atoms with Crippen molar-refractivity contribution in [2.45, 2.75) is 110 Å². The van der Waals surface area contributed by atoms with Gasteiger partial charge >= 0.3 is 0 Å². The van der Waals surface area contributed by atoms with E-state index in [0.29, 0.717) is 16.6 Å². The standard InChI is InChI=1S/C18H41NOSi2/c1-14(2)22(15(3)4,16(5)6)19-13-17(7)20-21(11,12)18(8,9)10/h13-17H,1-12H3/b19-13+. The van der Waals surface area contributed by atoms with Crippen molar-refractivity contribution < 1.29 is 4.43 Å². The zero-order valence-electron chi connectivity index (χ0n) is 17.2. The molecule has 132 valence electrons. The molecule has 0 aromatic rings. The molecule has 0 bridgehead atoms. The fourth-order valence-electron chi connectivity index (χ4n) is 3.35. The first-order chi connectivity index (χ1) is 9.68. The topological polar surface area (TPSA) is 21.6 Å². The van der Waals surface area contributed by atoms with Crippen molar-refractivity contribution in [1.82, 2.24) is 0 Å². The van der Waals surface area contributed by atoms with Crippen molar-refractivity contribution in [2.24, 2.45) is 4.66 Å². The zero-order chi connectivity index (χ0) is 17.9. The van der Waals surface area contributed by atoms with Crippen LogP contribution >= 0.6 is 0 Å². The van der Waals surface area contributed by atoms with Gasteiger partial charge in [-0.1, -0.05) is 62.3 Å². The number of rotatable bonds is 7. The summed E-state index contributed by atoms with van der Waals surface area (Å²) in [6.45, 7) is 27.8. The predicted molar refractivity (Wildman–Crippen MR) is 107 cm³/mol. The van der Waals surface area contributed by atoms with Gasteiger partial charge in [-0.25, -0.2) is 0 Å². The molecule has 0 saturated heterocycles. The molecule has 22 heavy (non-hydrogen) atoms. The summed E-state index contributed by atoms with van der Waals surface area (Å²) in [5.74, 6) is 0. The first-order valence-corrected chi connectivity index (χ1v) is 14.0. The summed E-state index contributed by atoms with van der Waals surface area (Å²) in [7, 11) is -3.43. The van der Waals surface area contributed by atoms with Gasteiger partial charge in [0, 0.05) is 6.21 Å². The number of hydrogen-bond acceptors (Lipinski definition) is 2. The quantitative estimate of drug-likeness (QED) is 0.375. The highest BCUT2D eigenvalue weighted by Crippen LogP contribution is 2.42. The van der Waals surface area contributed by atoms with Crippen molar-refractivity contribution >= 4 is 22.8 Å². The van der Waals surface area contributed by atoms with Gasteiger partial charge in [-0.15, -0.1) is 0 Å². The zero-order valence-corrected chi connectivity index (χ0v) is 19.2. The van der Waals surface area contributed by atoms with Crippen LogP contribution in [0.3, 0.4) is 0 Å². The van der Waals surface area contributed by atoms with Crippen LogP contribution in [-0.4, -0.2) is 28.9 Å². The highest BCUT2D eigenvalue weighted by atomic mass is 28.4. The largest absolute Gasteiger partial charge is 0.409 e. The van der Waals surface area contributed by atoms with Crippen LogP contribution in [0.15, 0.2) is 4.66 Å². The summed E-state index contributed by atoms with van der Waals surface area (Å²) < 4.78 is 11.7. The highest BCUT2D eigenvalue weighted by molar-refractivity contribution is 6.82. The molecule has 0 saturated carbocycles.